The number of nitrogens with zero attached hydrogens (tertiary/aromatic N) is 1. The van der Waals surface area contributed by atoms with Crippen LogP contribution in [0.15, 0.2) is 30.3 Å². The van der Waals surface area contributed by atoms with Crippen molar-refractivity contribution in [3.8, 4) is 0 Å². The Morgan fingerprint density at radius 3 is 2.52 bits per heavy atom. The van der Waals surface area contributed by atoms with Gasteiger partial charge in [-0.1, -0.05) is 37.3 Å². The SMILES string of the molecule is C[C@@H]1C[C@H](C)[C@@H](NC(=O)OC(C)(C)C)CN1Cc1ccccc1. The van der Waals surface area contributed by atoms with Crippen LogP contribution in [0, 0.1) is 5.92 Å². The quantitative estimate of drug-likeness (QED) is 0.921. The van der Waals surface area contributed by atoms with Crippen molar-refractivity contribution in [1.82, 2.24) is 10.2 Å². The van der Waals surface area contributed by atoms with Crippen molar-refractivity contribution in [2.75, 3.05) is 6.54 Å². The first-order chi connectivity index (χ1) is 10.7. The van der Waals surface area contributed by atoms with E-state index in [1.54, 1.807) is 0 Å². The van der Waals surface area contributed by atoms with E-state index in [0.29, 0.717) is 12.0 Å². The maximum atomic E-state index is 12.1. The third-order valence-electron chi connectivity index (χ3n) is 4.38. The molecule has 0 aromatic heterocycles. The molecule has 1 fully saturated rings. The molecule has 1 aliphatic heterocycles. The number of amides is 1. The van der Waals surface area contributed by atoms with Crippen molar-refractivity contribution in [3.05, 3.63) is 35.9 Å². The minimum Gasteiger partial charge on any atom is -0.444 e. The summed E-state index contributed by atoms with van der Waals surface area (Å²) >= 11 is 0. The summed E-state index contributed by atoms with van der Waals surface area (Å²) in [6.45, 7) is 11.9. The monoisotopic (exact) mass is 318 g/mol. The molecule has 1 saturated heterocycles. The van der Waals surface area contributed by atoms with Crippen LogP contribution in [0.3, 0.4) is 0 Å². The van der Waals surface area contributed by atoms with Gasteiger partial charge in [0, 0.05) is 25.2 Å². The van der Waals surface area contributed by atoms with Gasteiger partial charge < -0.3 is 10.1 Å². The highest BCUT2D eigenvalue weighted by Crippen LogP contribution is 2.24. The highest BCUT2D eigenvalue weighted by atomic mass is 16.6. The first kappa shape index (κ1) is 17.8. The van der Waals surface area contributed by atoms with Crippen LogP contribution in [0.1, 0.15) is 46.6 Å². The van der Waals surface area contributed by atoms with Gasteiger partial charge in [0.1, 0.15) is 5.60 Å². The average molecular weight is 318 g/mol. The third-order valence-corrected chi connectivity index (χ3v) is 4.38. The number of rotatable bonds is 3. The second-order valence-electron chi connectivity index (χ2n) is 7.73. The molecule has 0 radical (unpaired) electrons. The molecule has 1 N–H and O–H groups in total. The summed E-state index contributed by atoms with van der Waals surface area (Å²) in [4.78, 5) is 14.5. The van der Waals surface area contributed by atoms with Crippen LogP contribution < -0.4 is 5.32 Å². The molecule has 1 aromatic carbocycles. The van der Waals surface area contributed by atoms with Crippen molar-refractivity contribution < 1.29 is 9.53 Å². The summed E-state index contributed by atoms with van der Waals surface area (Å²) in [5.74, 6) is 0.449. The van der Waals surface area contributed by atoms with E-state index in [0.717, 1.165) is 19.5 Å². The number of carbonyl (C=O) groups is 1. The Kier molecular flexibility index (Phi) is 5.69. The van der Waals surface area contributed by atoms with Gasteiger partial charge in [0.05, 0.1) is 0 Å². The summed E-state index contributed by atoms with van der Waals surface area (Å²) in [6.07, 6.45) is 0.761. The number of nitrogens with one attached hydrogen (secondary N) is 1. The summed E-state index contributed by atoms with van der Waals surface area (Å²) < 4.78 is 5.40. The number of piperidine rings is 1. The number of hydrogen-bond donors (Lipinski definition) is 1. The molecule has 2 rings (SSSR count). The van der Waals surface area contributed by atoms with Crippen molar-refractivity contribution in [3.63, 3.8) is 0 Å². The molecular formula is C19H30N2O2. The predicted octanol–water partition coefficient (Wildman–Crippen LogP) is 3.81. The number of carbonyl (C=O) groups excluding carboxylic acids is 1. The van der Waals surface area contributed by atoms with Gasteiger partial charge in [-0.3, -0.25) is 4.90 Å². The van der Waals surface area contributed by atoms with Crippen LogP contribution in [0.2, 0.25) is 0 Å². The van der Waals surface area contributed by atoms with Gasteiger partial charge in [-0.2, -0.15) is 0 Å². The number of alkyl carbamates (subject to hydrolysis) is 1. The molecule has 4 nitrogen and oxygen atoms in total. The van der Waals surface area contributed by atoms with E-state index in [9.17, 15) is 4.79 Å². The fourth-order valence-corrected chi connectivity index (χ4v) is 3.15. The second kappa shape index (κ2) is 7.35. The third kappa shape index (κ3) is 5.54. The second-order valence-corrected chi connectivity index (χ2v) is 7.73. The lowest BCUT2D eigenvalue weighted by Crippen LogP contribution is -2.55. The summed E-state index contributed by atoms with van der Waals surface area (Å²) in [7, 11) is 0. The van der Waals surface area contributed by atoms with E-state index < -0.39 is 5.60 Å². The van der Waals surface area contributed by atoms with Crippen LogP contribution in [-0.4, -0.2) is 35.2 Å². The van der Waals surface area contributed by atoms with E-state index in [2.05, 4.69) is 48.3 Å². The fraction of sp³-hybridized carbons (Fsp3) is 0.632. The molecule has 4 heteroatoms. The Morgan fingerprint density at radius 2 is 1.91 bits per heavy atom. The minimum atomic E-state index is -0.459. The molecular weight excluding hydrogens is 288 g/mol. The van der Waals surface area contributed by atoms with Gasteiger partial charge in [-0.15, -0.1) is 0 Å². The lowest BCUT2D eigenvalue weighted by Gasteiger charge is -2.42. The number of benzene rings is 1. The summed E-state index contributed by atoms with van der Waals surface area (Å²) in [6, 6.07) is 11.1. The van der Waals surface area contributed by atoms with Crippen molar-refractivity contribution >= 4 is 6.09 Å². The smallest absolute Gasteiger partial charge is 0.407 e. The topological polar surface area (TPSA) is 41.6 Å². The van der Waals surface area contributed by atoms with Crippen molar-refractivity contribution in [2.45, 2.75) is 65.3 Å². The standard InChI is InChI=1S/C19H30N2O2/c1-14-11-15(2)21(12-16-9-7-6-8-10-16)13-17(14)20-18(22)23-19(3,4)5/h6-10,14-15,17H,11-13H2,1-5H3,(H,20,22)/t14-,15+,17-/m0/s1. The van der Waals surface area contributed by atoms with Crippen molar-refractivity contribution in [2.24, 2.45) is 5.92 Å². The lowest BCUT2D eigenvalue weighted by molar-refractivity contribution is 0.0377. The predicted molar refractivity (Wildman–Crippen MR) is 93.3 cm³/mol. The van der Waals surface area contributed by atoms with Gasteiger partial charge in [0.2, 0.25) is 0 Å². The van der Waals surface area contributed by atoms with Gasteiger partial charge >= 0.3 is 6.09 Å². The van der Waals surface area contributed by atoms with Gasteiger partial charge in [-0.05, 0) is 45.6 Å². The van der Waals surface area contributed by atoms with E-state index >= 15 is 0 Å². The van der Waals surface area contributed by atoms with Crippen LogP contribution in [0.25, 0.3) is 0 Å². The Balaban J connectivity index is 1.96. The van der Waals surface area contributed by atoms with E-state index in [4.69, 9.17) is 4.74 Å². The van der Waals surface area contributed by atoms with Crippen LogP contribution in [0.4, 0.5) is 4.79 Å². The Hall–Kier alpha value is -1.55. The zero-order valence-electron chi connectivity index (χ0n) is 15.0. The van der Waals surface area contributed by atoms with Crippen LogP contribution >= 0.6 is 0 Å². The Morgan fingerprint density at radius 1 is 1.26 bits per heavy atom. The highest BCUT2D eigenvalue weighted by Gasteiger charge is 2.32. The zero-order chi connectivity index (χ0) is 17.0. The molecule has 1 aliphatic rings. The maximum absolute atomic E-state index is 12.1. The number of ether oxygens (including phenoxy) is 1. The zero-order valence-corrected chi connectivity index (χ0v) is 15.0. The normalized spacial score (nSPS) is 25.9. The molecule has 1 amide bonds. The molecule has 1 aromatic rings. The maximum Gasteiger partial charge on any atom is 0.407 e. The molecule has 0 spiro atoms. The Bertz CT molecular complexity index is 510. The molecule has 0 bridgehead atoms. The van der Waals surface area contributed by atoms with Crippen LogP contribution in [-0.2, 0) is 11.3 Å². The summed E-state index contributed by atoms with van der Waals surface area (Å²) in [5, 5.41) is 3.06. The van der Waals surface area contributed by atoms with Gasteiger partial charge in [0.15, 0.2) is 0 Å². The molecule has 23 heavy (non-hydrogen) atoms. The largest absolute Gasteiger partial charge is 0.444 e. The molecule has 0 saturated carbocycles. The highest BCUT2D eigenvalue weighted by molar-refractivity contribution is 5.68. The fourth-order valence-electron chi connectivity index (χ4n) is 3.15. The van der Waals surface area contributed by atoms with E-state index in [-0.39, 0.29) is 12.1 Å². The molecule has 0 aliphatic carbocycles. The van der Waals surface area contributed by atoms with Crippen molar-refractivity contribution in [1.29, 1.82) is 0 Å². The van der Waals surface area contributed by atoms with Gasteiger partial charge in [-0.25, -0.2) is 4.79 Å². The first-order valence-electron chi connectivity index (χ1n) is 8.52. The minimum absolute atomic E-state index is 0.129. The number of likely N-dealkylation sites (tertiary alicyclic amines) is 1. The van der Waals surface area contributed by atoms with Crippen LogP contribution in [0.5, 0.6) is 0 Å². The molecule has 128 valence electrons. The Labute approximate surface area is 140 Å². The summed E-state index contributed by atoms with van der Waals surface area (Å²) in [5.41, 5.74) is 0.851. The average Bonchev–Trinajstić information content (AvgIpc) is 2.43. The van der Waals surface area contributed by atoms with E-state index in [1.807, 2.05) is 26.8 Å². The molecule has 3 atom stereocenters. The molecule has 1 heterocycles. The first-order valence-corrected chi connectivity index (χ1v) is 8.52. The molecule has 0 unspecified atom stereocenters. The lowest BCUT2D eigenvalue weighted by atomic mass is 9.88. The van der Waals surface area contributed by atoms with E-state index in [1.165, 1.54) is 5.56 Å². The van der Waals surface area contributed by atoms with Gasteiger partial charge in [0.25, 0.3) is 0 Å². The number of hydrogen-bond acceptors (Lipinski definition) is 3.